The molecule has 0 spiro atoms. The number of benzene rings is 7. The molecule has 0 amide bonds. The van der Waals surface area contributed by atoms with Crippen molar-refractivity contribution in [2.75, 3.05) is 4.90 Å². The van der Waals surface area contributed by atoms with Gasteiger partial charge >= 0.3 is 0 Å². The lowest BCUT2D eigenvalue weighted by molar-refractivity contribution is 0.582. The van der Waals surface area contributed by atoms with Crippen LogP contribution in [0.3, 0.4) is 0 Å². The predicted octanol–water partition coefficient (Wildman–Crippen LogP) is 13.9. The summed E-state index contributed by atoms with van der Waals surface area (Å²) in [4.78, 5) is 2.50. The van der Waals surface area contributed by atoms with Gasteiger partial charge in [-0.25, -0.2) is 0 Å². The van der Waals surface area contributed by atoms with Crippen molar-refractivity contribution in [1.82, 2.24) is 0 Å². The minimum atomic E-state index is -0.0794. The molecule has 0 aliphatic heterocycles. The molecule has 0 radical (unpaired) electrons. The Labute approximate surface area is 307 Å². The standard InChI is InChI=1S/C50H43NO/c1-49(2,3)45-29-35(36-23-27-43-42-16-10-12-18-47(42)52-48(43)30-36)19-20-37(45)32-51(38-24-21-34(22-25-38)33-13-7-6-8-14-33)39-26-28-41-40-15-9-11-17-44(40)50(4,5)46(41)31-39/h6-31H,32H2,1-5H3. The van der Waals surface area contributed by atoms with Gasteiger partial charge in [-0.1, -0.05) is 150 Å². The van der Waals surface area contributed by atoms with Gasteiger partial charge in [-0.05, 0) is 104 Å². The van der Waals surface area contributed by atoms with Crippen molar-refractivity contribution >= 4 is 33.3 Å². The average molecular weight is 674 g/mol. The van der Waals surface area contributed by atoms with Crippen LogP contribution in [-0.2, 0) is 17.4 Å². The fourth-order valence-electron chi connectivity index (χ4n) is 8.32. The van der Waals surface area contributed by atoms with E-state index in [0.717, 1.165) is 34.0 Å². The molecule has 9 rings (SSSR count). The lowest BCUT2D eigenvalue weighted by Gasteiger charge is -2.31. The molecule has 1 heterocycles. The second kappa shape index (κ2) is 12.1. The fourth-order valence-corrected chi connectivity index (χ4v) is 8.32. The van der Waals surface area contributed by atoms with E-state index in [1.165, 1.54) is 61.4 Å². The van der Waals surface area contributed by atoms with Gasteiger partial charge in [-0.3, -0.25) is 0 Å². The van der Waals surface area contributed by atoms with Gasteiger partial charge in [-0.2, -0.15) is 0 Å². The van der Waals surface area contributed by atoms with Gasteiger partial charge in [0.25, 0.3) is 0 Å². The molecule has 2 heteroatoms. The zero-order chi connectivity index (χ0) is 35.6. The fraction of sp³-hybridized carbons (Fsp3) is 0.160. The number of para-hydroxylation sites is 1. The molecule has 0 N–H and O–H groups in total. The Morgan fingerprint density at radius 3 is 1.92 bits per heavy atom. The normalized spacial score (nSPS) is 13.3. The van der Waals surface area contributed by atoms with E-state index < -0.39 is 0 Å². The zero-order valence-electron chi connectivity index (χ0n) is 30.6. The molecular formula is C50H43NO. The van der Waals surface area contributed by atoms with Crippen LogP contribution in [0.25, 0.3) is 55.3 Å². The van der Waals surface area contributed by atoms with Crippen LogP contribution in [0.5, 0.6) is 0 Å². The molecule has 52 heavy (non-hydrogen) atoms. The maximum atomic E-state index is 6.28. The van der Waals surface area contributed by atoms with Crippen molar-refractivity contribution in [3.8, 4) is 33.4 Å². The molecule has 0 atom stereocenters. The largest absolute Gasteiger partial charge is 0.456 e. The van der Waals surface area contributed by atoms with Gasteiger partial charge in [0, 0.05) is 34.1 Å². The lowest BCUT2D eigenvalue weighted by atomic mass is 9.81. The number of hydrogen-bond acceptors (Lipinski definition) is 2. The molecule has 2 nitrogen and oxygen atoms in total. The van der Waals surface area contributed by atoms with Crippen molar-refractivity contribution in [2.45, 2.75) is 52.0 Å². The molecule has 1 aliphatic carbocycles. The van der Waals surface area contributed by atoms with Crippen LogP contribution in [0.15, 0.2) is 162 Å². The number of anilines is 2. The van der Waals surface area contributed by atoms with Gasteiger partial charge in [0.2, 0.25) is 0 Å². The lowest BCUT2D eigenvalue weighted by Crippen LogP contribution is -2.22. The van der Waals surface area contributed by atoms with Crippen molar-refractivity contribution in [3.05, 3.63) is 180 Å². The van der Waals surface area contributed by atoms with E-state index in [4.69, 9.17) is 4.42 Å². The van der Waals surface area contributed by atoms with E-state index in [1.807, 2.05) is 12.1 Å². The van der Waals surface area contributed by atoms with Crippen LogP contribution < -0.4 is 4.90 Å². The first kappa shape index (κ1) is 32.1. The van der Waals surface area contributed by atoms with E-state index in [1.54, 1.807) is 0 Å². The Kier molecular flexibility index (Phi) is 7.48. The Hall–Kier alpha value is -5.86. The van der Waals surface area contributed by atoms with Crippen molar-refractivity contribution in [1.29, 1.82) is 0 Å². The number of furan rings is 1. The number of hydrogen-bond donors (Lipinski definition) is 0. The van der Waals surface area contributed by atoms with Crippen LogP contribution in [-0.4, -0.2) is 0 Å². The van der Waals surface area contributed by atoms with Gasteiger partial charge in [0.05, 0.1) is 0 Å². The summed E-state index contributed by atoms with van der Waals surface area (Å²) >= 11 is 0. The molecule has 1 aliphatic rings. The second-order valence-corrected chi connectivity index (χ2v) is 15.8. The van der Waals surface area contributed by atoms with Gasteiger partial charge in [0.15, 0.2) is 0 Å². The highest BCUT2D eigenvalue weighted by Crippen LogP contribution is 2.50. The highest BCUT2D eigenvalue weighted by molar-refractivity contribution is 6.05. The number of nitrogens with zero attached hydrogens (tertiary/aromatic N) is 1. The summed E-state index contributed by atoms with van der Waals surface area (Å²) in [5, 5.41) is 2.31. The van der Waals surface area contributed by atoms with Crippen molar-refractivity contribution in [3.63, 3.8) is 0 Å². The smallest absolute Gasteiger partial charge is 0.136 e. The summed E-state index contributed by atoms with van der Waals surface area (Å²) in [6.45, 7) is 12.4. The van der Waals surface area contributed by atoms with Crippen LogP contribution >= 0.6 is 0 Å². The summed E-state index contributed by atoms with van der Waals surface area (Å²) in [6.07, 6.45) is 0. The predicted molar refractivity (Wildman–Crippen MR) is 220 cm³/mol. The van der Waals surface area contributed by atoms with Crippen LogP contribution in [0.2, 0.25) is 0 Å². The van der Waals surface area contributed by atoms with Gasteiger partial charge < -0.3 is 9.32 Å². The number of fused-ring (bicyclic) bond motifs is 6. The molecule has 8 aromatic rings. The van der Waals surface area contributed by atoms with E-state index in [2.05, 4.69) is 185 Å². The molecule has 1 aromatic heterocycles. The minimum Gasteiger partial charge on any atom is -0.456 e. The van der Waals surface area contributed by atoms with Crippen LogP contribution in [0, 0.1) is 0 Å². The SMILES string of the molecule is CC(C)(C)c1cc(-c2ccc3c(c2)oc2ccccc23)ccc1CN(c1ccc(-c2ccccc2)cc1)c1ccc2c(c1)C(C)(C)c1ccccc1-2. The molecule has 7 aromatic carbocycles. The molecule has 0 unspecified atom stereocenters. The Balaban J connectivity index is 1.14. The molecule has 0 saturated heterocycles. The van der Waals surface area contributed by atoms with E-state index in [-0.39, 0.29) is 10.8 Å². The topological polar surface area (TPSA) is 16.4 Å². The first-order valence-electron chi connectivity index (χ1n) is 18.4. The maximum absolute atomic E-state index is 6.28. The molecule has 0 saturated carbocycles. The van der Waals surface area contributed by atoms with Crippen LogP contribution in [0.4, 0.5) is 11.4 Å². The van der Waals surface area contributed by atoms with Crippen molar-refractivity contribution in [2.24, 2.45) is 0 Å². The van der Waals surface area contributed by atoms with Gasteiger partial charge in [0.1, 0.15) is 11.2 Å². The van der Waals surface area contributed by atoms with E-state index in [9.17, 15) is 0 Å². The highest BCUT2D eigenvalue weighted by atomic mass is 16.3. The average Bonchev–Trinajstić information content (AvgIpc) is 3.65. The molecule has 0 bridgehead atoms. The van der Waals surface area contributed by atoms with E-state index >= 15 is 0 Å². The summed E-state index contributed by atoms with van der Waals surface area (Å²) in [5.41, 5.74) is 17.0. The summed E-state index contributed by atoms with van der Waals surface area (Å²) in [7, 11) is 0. The summed E-state index contributed by atoms with van der Waals surface area (Å²) < 4.78 is 6.28. The minimum absolute atomic E-state index is 0.0702. The molecular weight excluding hydrogens is 631 g/mol. The zero-order valence-corrected chi connectivity index (χ0v) is 30.6. The quantitative estimate of drug-likeness (QED) is 0.175. The molecule has 254 valence electrons. The second-order valence-electron chi connectivity index (χ2n) is 15.8. The first-order valence-corrected chi connectivity index (χ1v) is 18.4. The molecule has 0 fully saturated rings. The van der Waals surface area contributed by atoms with Gasteiger partial charge in [-0.15, -0.1) is 0 Å². The Bertz CT molecular complexity index is 2600. The Morgan fingerprint density at radius 2 is 1.12 bits per heavy atom. The summed E-state index contributed by atoms with van der Waals surface area (Å²) in [5.74, 6) is 0. The maximum Gasteiger partial charge on any atom is 0.136 e. The van der Waals surface area contributed by atoms with Crippen molar-refractivity contribution < 1.29 is 4.42 Å². The van der Waals surface area contributed by atoms with E-state index in [0.29, 0.717) is 0 Å². The third-order valence-corrected chi connectivity index (χ3v) is 11.1. The third-order valence-electron chi connectivity index (χ3n) is 11.1. The van der Waals surface area contributed by atoms with Crippen LogP contribution in [0.1, 0.15) is 56.9 Å². The number of rotatable bonds is 6. The first-order chi connectivity index (χ1) is 25.1. The third kappa shape index (κ3) is 5.42. The Morgan fingerprint density at radius 1 is 0.500 bits per heavy atom. The highest BCUT2D eigenvalue weighted by Gasteiger charge is 2.35. The monoisotopic (exact) mass is 673 g/mol. The summed E-state index contributed by atoms with van der Waals surface area (Å²) in [6, 6.07) is 57.6.